The Kier molecular flexibility index (Phi) is 5.38. The molecule has 0 spiro atoms. The number of para-hydroxylation sites is 1. The largest absolute Gasteiger partial charge is 0.496 e. The summed E-state index contributed by atoms with van der Waals surface area (Å²) in [6.07, 6.45) is 7.36. The predicted octanol–water partition coefficient (Wildman–Crippen LogP) is 2.66. The fourth-order valence-corrected chi connectivity index (χ4v) is 5.33. The molecule has 4 atom stereocenters. The van der Waals surface area contributed by atoms with Gasteiger partial charge in [-0.05, 0) is 50.2 Å². The SMILES string of the molecule is COc1ccccc1C(=O)N1C2CCCCC2C[C@@H]1C(=O)N1CCC[C@H]1C=O. The lowest BCUT2D eigenvalue weighted by Crippen LogP contribution is -2.52. The third kappa shape index (κ3) is 3.19. The minimum atomic E-state index is -0.480. The third-order valence-electron chi connectivity index (χ3n) is 6.68. The van der Waals surface area contributed by atoms with Crippen molar-refractivity contribution in [3.05, 3.63) is 29.8 Å². The van der Waals surface area contributed by atoms with Gasteiger partial charge in [-0.3, -0.25) is 9.59 Å². The second-order valence-corrected chi connectivity index (χ2v) is 8.15. The molecule has 6 nitrogen and oxygen atoms in total. The molecule has 6 heteroatoms. The van der Waals surface area contributed by atoms with Crippen LogP contribution in [-0.2, 0) is 9.59 Å². The van der Waals surface area contributed by atoms with Crippen LogP contribution >= 0.6 is 0 Å². The van der Waals surface area contributed by atoms with Crippen LogP contribution in [0.4, 0.5) is 0 Å². The molecule has 0 bridgehead atoms. The number of methoxy groups -OCH3 is 1. The first kappa shape index (κ1) is 19.0. The van der Waals surface area contributed by atoms with Crippen molar-refractivity contribution in [3.8, 4) is 5.75 Å². The lowest BCUT2D eigenvalue weighted by atomic mass is 9.84. The summed E-state index contributed by atoms with van der Waals surface area (Å²) >= 11 is 0. The van der Waals surface area contributed by atoms with Crippen LogP contribution in [-0.4, -0.2) is 59.7 Å². The van der Waals surface area contributed by atoms with Crippen LogP contribution in [0.15, 0.2) is 24.3 Å². The smallest absolute Gasteiger partial charge is 0.258 e. The molecule has 1 aromatic carbocycles. The monoisotopic (exact) mass is 384 g/mol. The van der Waals surface area contributed by atoms with Crippen LogP contribution in [0.1, 0.15) is 55.3 Å². The number of hydrogen-bond acceptors (Lipinski definition) is 4. The summed E-state index contributed by atoms with van der Waals surface area (Å²) in [7, 11) is 1.56. The molecule has 28 heavy (non-hydrogen) atoms. The first-order chi connectivity index (χ1) is 13.7. The van der Waals surface area contributed by atoms with E-state index in [9.17, 15) is 14.4 Å². The van der Waals surface area contributed by atoms with Gasteiger partial charge in [-0.2, -0.15) is 0 Å². The summed E-state index contributed by atoms with van der Waals surface area (Å²) < 4.78 is 5.40. The second-order valence-electron chi connectivity index (χ2n) is 8.15. The summed E-state index contributed by atoms with van der Waals surface area (Å²) in [5.41, 5.74) is 0.502. The topological polar surface area (TPSA) is 66.9 Å². The molecule has 2 aliphatic heterocycles. The number of carbonyl (C=O) groups excluding carboxylic acids is 3. The quantitative estimate of drug-likeness (QED) is 0.749. The van der Waals surface area contributed by atoms with Gasteiger partial charge < -0.3 is 19.3 Å². The van der Waals surface area contributed by atoms with Crippen molar-refractivity contribution in [3.63, 3.8) is 0 Å². The van der Waals surface area contributed by atoms with E-state index >= 15 is 0 Å². The third-order valence-corrected chi connectivity index (χ3v) is 6.68. The van der Waals surface area contributed by atoms with E-state index < -0.39 is 6.04 Å². The van der Waals surface area contributed by atoms with Crippen molar-refractivity contribution >= 4 is 18.1 Å². The average Bonchev–Trinajstić information content (AvgIpc) is 3.37. The Morgan fingerprint density at radius 1 is 1.11 bits per heavy atom. The zero-order valence-corrected chi connectivity index (χ0v) is 16.4. The first-order valence-electron chi connectivity index (χ1n) is 10.4. The highest BCUT2D eigenvalue weighted by Crippen LogP contribution is 2.42. The Hall–Kier alpha value is -2.37. The van der Waals surface area contributed by atoms with Crippen molar-refractivity contribution in [1.82, 2.24) is 9.80 Å². The summed E-state index contributed by atoms with van der Waals surface area (Å²) in [4.78, 5) is 41.9. The van der Waals surface area contributed by atoms with E-state index in [1.165, 1.54) is 0 Å². The number of nitrogens with zero attached hydrogens (tertiary/aromatic N) is 2. The van der Waals surface area contributed by atoms with E-state index in [0.717, 1.165) is 44.8 Å². The number of hydrogen-bond donors (Lipinski definition) is 0. The average molecular weight is 384 g/mol. The summed E-state index contributed by atoms with van der Waals surface area (Å²) in [5.74, 6) is 0.697. The number of fused-ring (bicyclic) bond motifs is 1. The Morgan fingerprint density at radius 2 is 1.89 bits per heavy atom. The number of ether oxygens (including phenoxy) is 1. The zero-order chi connectivity index (χ0) is 19.7. The van der Waals surface area contributed by atoms with Gasteiger partial charge in [-0.15, -0.1) is 0 Å². The van der Waals surface area contributed by atoms with Crippen LogP contribution in [0.3, 0.4) is 0 Å². The lowest BCUT2D eigenvalue weighted by Gasteiger charge is -2.35. The first-order valence-corrected chi connectivity index (χ1v) is 10.4. The van der Waals surface area contributed by atoms with Crippen molar-refractivity contribution in [1.29, 1.82) is 0 Å². The minimum absolute atomic E-state index is 0.0627. The normalized spacial score (nSPS) is 29.5. The molecule has 1 saturated carbocycles. The van der Waals surface area contributed by atoms with Gasteiger partial charge in [0.05, 0.1) is 18.7 Å². The molecule has 0 aromatic heterocycles. The molecular weight excluding hydrogens is 356 g/mol. The molecule has 2 heterocycles. The van der Waals surface area contributed by atoms with Crippen LogP contribution < -0.4 is 4.74 Å². The van der Waals surface area contributed by atoms with E-state index in [-0.39, 0.29) is 23.9 Å². The molecule has 0 radical (unpaired) electrons. The molecule has 1 aromatic rings. The maximum Gasteiger partial charge on any atom is 0.258 e. The zero-order valence-electron chi connectivity index (χ0n) is 16.4. The molecule has 2 saturated heterocycles. The Morgan fingerprint density at radius 3 is 2.68 bits per heavy atom. The van der Waals surface area contributed by atoms with Crippen LogP contribution in [0.25, 0.3) is 0 Å². The standard InChI is InChI=1S/C22H28N2O4/c1-28-20-11-5-3-9-17(20)21(26)24-18-10-4-2-7-15(18)13-19(24)22(27)23-12-6-8-16(23)14-25/h3,5,9,11,14-16,18-19H,2,4,6-8,10,12-13H2,1H3/t15?,16-,18?,19+/m0/s1. The molecule has 3 aliphatic rings. The highest BCUT2D eigenvalue weighted by atomic mass is 16.5. The van der Waals surface area contributed by atoms with Crippen LogP contribution in [0.5, 0.6) is 5.75 Å². The highest BCUT2D eigenvalue weighted by Gasteiger charge is 2.49. The molecule has 1 aliphatic carbocycles. The molecule has 3 fully saturated rings. The Labute approximate surface area is 165 Å². The van der Waals surface area contributed by atoms with Crippen molar-refractivity contribution in [2.75, 3.05) is 13.7 Å². The van der Waals surface area contributed by atoms with Gasteiger partial charge in [-0.25, -0.2) is 0 Å². The van der Waals surface area contributed by atoms with Crippen molar-refractivity contribution < 1.29 is 19.1 Å². The van der Waals surface area contributed by atoms with E-state index in [1.807, 2.05) is 17.0 Å². The van der Waals surface area contributed by atoms with Crippen LogP contribution in [0, 0.1) is 5.92 Å². The maximum atomic E-state index is 13.6. The number of aldehydes is 1. The maximum absolute atomic E-state index is 13.6. The van der Waals surface area contributed by atoms with Gasteiger partial charge in [0.2, 0.25) is 5.91 Å². The predicted molar refractivity (Wildman–Crippen MR) is 104 cm³/mol. The fourth-order valence-electron chi connectivity index (χ4n) is 5.33. The summed E-state index contributed by atoms with van der Waals surface area (Å²) in [5, 5.41) is 0. The Balaban J connectivity index is 1.67. The lowest BCUT2D eigenvalue weighted by molar-refractivity contribution is -0.138. The number of amides is 2. The molecule has 150 valence electrons. The van der Waals surface area contributed by atoms with Gasteiger partial charge in [-0.1, -0.05) is 25.0 Å². The molecule has 4 rings (SSSR count). The van der Waals surface area contributed by atoms with Gasteiger partial charge >= 0.3 is 0 Å². The van der Waals surface area contributed by atoms with Crippen molar-refractivity contribution in [2.24, 2.45) is 5.92 Å². The highest BCUT2D eigenvalue weighted by molar-refractivity contribution is 6.00. The molecule has 0 N–H and O–H groups in total. The van der Waals surface area contributed by atoms with Crippen LogP contribution in [0.2, 0.25) is 0 Å². The van der Waals surface area contributed by atoms with Gasteiger partial charge in [0, 0.05) is 12.6 Å². The van der Waals surface area contributed by atoms with Crippen molar-refractivity contribution in [2.45, 2.75) is 63.1 Å². The van der Waals surface area contributed by atoms with Gasteiger partial charge in [0.1, 0.15) is 18.1 Å². The summed E-state index contributed by atoms with van der Waals surface area (Å²) in [6.45, 7) is 0.602. The number of rotatable bonds is 4. The number of likely N-dealkylation sites (tertiary alicyclic amines) is 2. The molecule has 2 amide bonds. The molecule has 2 unspecified atom stereocenters. The number of benzene rings is 1. The van der Waals surface area contributed by atoms with Gasteiger partial charge in [0.15, 0.2) is 0 Å². The van der Waals surface area contributed by atoms with Gasteiger partial charge in [0.25, 0.3) is 5.91 Å². The number of carbonyl (C=O) groups is 3. The second kappa shape index (κ2) is 7.94. The van der Waals surface area contributed by atoms with E-state index in [2.05, 4.69) is 0 Å². The minimum Gasteiger partial charge on any atom is -0.496 e. The summed E-state index contributed by atoms with van der Waals surface area (Å²) in [6, 6.07) is 6.47. The Bertz CT molecular complexity index is 765. The molecular formula is C22H28N2O4. The van der Waals surface area contributed by atoms with E-state index in [1.54, 1.807) is 24.1 Å². The van der Waals surface area contributed by atoms with E-state index in [0.29, 0.717) is 30.2 Å². The van der Waals surface area contributed by atoms with E-state index in [4.69, 9.17) is 4.74 Å². The fraction of sp³-hybridized carbons (Fsp3) is 0.591.